The fraction of sp³-hybridized carbons (Fsp3) is 0.0769. The van der Waals surface area contributed by atoms with Gasteiger partial charge in [0, 0.05) is 23.7 Å². The second-order valence-corrected chi connectivity index (χ2v) is 5.22. The molecule has 3 rings (SSSR count). The molecule has 8 heteroatoms. The van der Waals surface area contributed by atoms with E-state index in [4.69, 9.17) is 5.11 Å². The van der Waals surface area contributed by atoms with E-state index in [0.29, 0.717) is 10.7 Å². The van der Waals surface area contributed by atoms with Gasteiger partial charge < -0.3 is 5.11 Å². The van der Waals surface area contributed by atoms with E-state index in [1.807, 2.05) is 5.38 Å². The molecule has 0 bridgehead atoms. The number of nitrogens with zero attached hydrogens (tertiary/aromatic N) is 3. The average Bonchev–Trinajstić information content (AvgIpc) is 2.97. The first-order chi connectivity index (χ1) is 10.0. The first kappa shape index (κ1) is 13.3. The van der Waals surface area contributed by atoms with Crippen LogP contribution in [0.25, 0.3) is 16.2 Å². The molecule has 0 fully saturated rings. The quantitative estimate of drug-likeness (QED) is 0.590. The van der Waals surface area contributed by atoms with Crippen LogP contribution in [0.5, 0.6) is 0 Å². The molecule has 21 heavy (non-hydrogen) atoms. The zero-order valence-electron chi connectivity index (χ0n) is 10.6. The molecule has 0 aliphatic rings. The number of fused-ring (bicyclic) bond motifs is 1. The first-order valence-corrected chi connectivity index (χ1v) is 6.84. The van der Waals surface area contributed by atoms with Crippen LogP contribution in [-0.2, 0) is 11.2 Å². The number of aliphatic carboxylic acids is 1. The van der Waals surface area contributed by atoms with Gasteiger partial charge in [-0.05, 0) is 17.7 Å². The van der Waals surface area contributed by atoms with Crippen LogP contribution in [0, 0.1) is 10.1 Å². The number of hydrogen-bond acceptors (Lipinski definition) is 5. The Hall–Kier alpha value is -2.74. The molecule has 0 spiro atoms. The molecule has 0 saturated carbocycles. The van der Waals surface area contributed by atoms with Gasteiger partial charge in [-0.2, -0.15) is 0 Å². The number of imidazole rings is 1. The molecule has 2 heterocycles. The molecular weight excluding hydrogens is 294 g/mol. The second kappa shape index (κ2) is 4.98. The number of nitro groups is 1. The highest BCUT2D eigenvalue weighted by atomic mass is 32.1. The van der Waals surface area contributed by atoms with E-state index in [1.54, 1.807) is 22.7 Å². The molecule has 0 unspecified atom stereocenters. The molecule has 0 aliphatic carbocycles. The van der Waals surface area contributed by atoms with Gasteiger partial charge in [-0.3, -0.25) is 19.3 Å². The number of carbonyl (C=O) groups is 1. The van der Waals surface area contributed by atoms with E-state index < -0.39 is 10.9 Å². The van der Waals surface area contributed by atoms with Gasteiger partial charge in [0.1, 0.15) is 0 Å². The molecule has 0 saturated heterocycles. The van der Waals surface area contributed by atoms with Crippen molar-refractivity contribution in [2.75, 3.05) is 0 Å². The zero-order valence-corrected chi connectivity index (χ0v) is 11.4. The van der Waals surface area contributed by atoms with Gasteiger partial charge in [-0.25, -0.2) is 4.98 Å². The van der Waals surface area contributed by atoms with Gasteiger partial charge >= 0.3 is 5.97 Å². The Morgan fingerprint density at radius 1 is 1.38 bits per heavy atom. The number of rotatable bonds is 4. The second-order valence-electron chi connectivity index (χ2n) is 4.38. The molecule has 1 aromatic carbocycles. The third kappa shape index (κ3) is 2.48. The number of carboxylic acid groups (broad SMARTS) is 1. The van der Waals surface area contributed by atoms with Crippen molar-refractivity contribution in [2.24, 2.45) is 0 Å². The number of carboxylic acids is 1. The van der Waals surface area contributed by atoms with Gasteiger partial charge in [0.05, 0.1) is 22.7 Å². The smallest absolute Gasteiger partial charge is 0.309 e. The van der Waals surface area contributed by atoms with E-state index in [2.05, 4.69) is 4.98 Å². The summed E-state index contributed by atoms with van der Waals surface area (Å²) in [4.78, 5) is 25.8. The minimum atomic E-state index is -0.933. The average molecular weight is 303 g/mol. The lowest BCUT2D eigenvalue weighted by atomic mass is 10.1. The highest BCUT2D eigenvalue weighted by molar-refractivity contribution is 7.15. The summed E-state index contributed by atoms with van der Waals surface area (Å²) in [5, 5.41) is 21.3. The maximum Gasteiger partial charge on any atom is 0.309 e. The van der Waals surface area contributed by atoms with Crippen LogP contribution >= 0.6 is 11.3 Å². The van der Waals surface area contributed by atoms with E-state index in [1.165, 1.54) is 23.5 Å². The Labute approximate surface area is 122 Å². The first-order valence-electron chi connectivity index (χ1n) is 5.96. The predicted octanol–water partition coefficient (Wildman–Crippen LogP) is 2.60. The Balaban J connectivity index is 2.01. The summed E-state index contributed by atoms with van der Waals surface area (Å²) >= 11 is 1.39. The predicted molar refractivity (Wildman–Crippen MR) is 76.5 cm³/mol. The third-order valence-electron chi connectivity index (χ3n) is 2.97. The van der Waals surface area contributed by atoms with Crippen molar-refractivity contribution in [3.63, 3.8) is 0 Å². The monoisotopic (exact) mass is 303 g/mol. The van der Waals surface area contributed by atoms with Gasteiger partial charge in [-0.1, -0.05) is 0 Å². The molecule has 0 amide bonds. The van der Waals surface area contributed by atoms with Crippen LogP contribution in [0.15, 0.2) is 35.8 Å². The summed E-state index contributed by atoms with van der Waals surface area (Å²) < 4.78 is 1.80. The van der Waals surface area contributed by atoms with Crippen molar-refractivity contribution in [1.29, 1.82) is 0 Å². The van der Waals surface area contributed by atoms with Crippen molar-refractivity contribution in [3.8, 4) is 11.3 Å². The SMILES string of the molecule is O=C(O)Cc1cn2c(-c3ccc([N+](=O)[O-])cc3)csc2n1. The topological polar surface area (TPSA) is 97.7 Å². The molecule has 0 aliphatic heterocycles. The molecule has 0 atom stereocenters. The van der Waals surface area contributed by atoms with Crippen LogP contribution in [0.4, 0.5) is 5.69 Å². The fourth-order valence-electron chi connectivity index (χ4n) is 2.03. The van der Waals surface area contributed by atoms with Crippen molar-refractivity contribution in [2.45, 2.75) is 6.42 Å². The normalized spacial score (nSPS) is 10.9. The minimum absolute atomic E-state index is 0.0300. The number of hydrogen-bond donors (Lipinski definition) is 1. The molecule has 2 aromatic heterocycles. The van der Waals surface area contributed by atoms with Crippen molar-refractivity contribution < 1.29 is 14.8 Å². The third-order valence-corrected chi connectivity index (χ3v) is 3.81. The van der Waals surface area contributed by atoms with E-state index in [0.717, 1.165) is 11.3 Å². The summed E-state index contributed by atoms with van der Waals surface area (Å²) in [6.07, 6.45) is 1.55. The maximum atomic E-state index is 10.7. The Morgan fingerprint density at radius 3 is 2.71 bits per heavy atom. The molecule has 3 aromatic rings. The number of nitro benzene ring substituents is 1. The lowest BCUT2D eigenvalue weighted by Crippen LogP contribution is -1.99. The van der Waals surface area contributed by atoms with Crippen LogP contribution in [0.1, 0.15) is 5.69 Å². The zero-order chi connectivity index (χ0) is 15.0. The van der Waals surface area contributed by atoms with E-state index in [-0.39, 0.29) is 12.1 Å². The number of thiazole rings is 1. The van der Waals surface area contributed by atoms with Crippen molar-refractivity contribution in [1.82, 2.24) is 9.38 Å². The highest BCUT2D eigenvalue weighted by Crippen LogP contribution is 2.27. The van der Waals surface area contributed by atoms with Crippen LogP contribution in [-0.4, -0.2) is 25.4 Å². The van der Waals surface area contributed by atoms with Gasteiger partial charge in [0.25, 0.3) is 5.69 Å². The lowest BCUT2D eigenvalue weighted by Gasteiger charge is -1.99. The summed E-state index contributed by atoms with van der Waals surface area (Å²) in [5.41, 5.74) is 2.15. The minimum Gasteiger partial charge on any atom is -0.481 e. The van der Waals surface area contributed by atoms with Gasteiger partial charge in [-0.15, -0.1) is 11.3 Å². The van der Waals surface area contributed by atoms with E-state index >= 15 is 0 Å². The van der Waals surface area contributed by atoms with Crippen LogP contribution < -0.4 is 0 Å². The number of non-ortho nitro benzene ring substituents is 1. The van der Waals surface area contributed by atoms with Crippen molar-refractivity contribution in [3.05, 3.63) is 51.7 Å². The van der Waals surface area contributed by atoms with Crippen molar-refractivity contribution >= 4 is 28.0 Å². The standard InChI is InChI=1S/C13H9N3O4S/c17-12(18)5-9-6-15-11(7-21-13(15)14-9)8-1-3-10(4-2-8)16(19)20/h1-4,6-7H,5H2,(H,17,18). The lowest BCUT2D eigenvalue weighted by molar-refractivity contribution is -0.384. The number of aromatic nitrogens is 2. The molecule has 7 nitrogen and oxygen atoms in total. The number of benzene rings is 1. The van der Waals surface area contributed by atoms with Gasteiger partial charge in [0.2, 0.25) is 0 Å². The molecule has 106 valence electrons. The largest absolute Gasteiger partial charge is 0.481 e. The molecule has 1 N–H and O–H groups in total. The molecular formula is C13H9N3O4S. The summed E-state index contributed by atoms with van der Waals surface area (Å²) in [6, 6.07) is 6.20. The summed E-state index contributed by atoms with van der Waals surface area (Å²) in [5.74, 6) is -0.933. The van der Waals surface area contributed by atoms with E-state index in [9.17, 15) is 14.9 Å². The Morgan fingerprint density at radius 2 is 2.10 bits per heavy atom. The summed E-state index contributed by atoms with van der Waals surface area (Å²) in [6.45, 7) is 0. The van der Waals surface area contributed by atoms with Gasteiger partial charge in [0.15, 0.2) is 4.96 Å². The maximum absolute atomic E-state index is 10.7. The fourth-order valence-corrected chi connectivity index (χ4v) is 2.93. The Bertz CT molecular complexity index is 835. The van der Waals surface area contributed by atoms with Crippen LogP contribution in [0.3, 0.4) is 0 Å². The Kier molecular flexibility index (Phi) is 3.15. The van der Waals surface area contributed by atoms with Crippen LogP contribution in [0.2, 0.25) is 0 Å². The molecule has 0 radical (unpaired) electrons. The highest BCUT2D eigenvalue weighted by Gasteiger charge is 2.12. The summed E-state index contributed by atoms with van der Waals surface area (Å²) in [7, 11) is 0.